The van der Waals surface area contributed by atoms with Gasteiger partial charge in [-0.15, -0.1) is 0 Å². The Hall–Kier alpha value is -2.33. The van der Waals surface area contributed by atoms with E-state index in [2.05, 4.69) is 60.0 Å². The van der Waals surface area contributed by atoms with Gasteiger partial charge >= 0.3 is 5.97 Å². The predicted octanol–water partition coefficient (Wildman–Crippen LogP) is 4.73. The molecule has 0 aromatic heterocycles. The fourth-order valence-corrected chi connectivity index (χ4v) is 4.77. The highest BCUT2D eigenvalue weighted by Gasteiger charge is 2.25. The van der Waals surface area contributed by atoms with Gasteiger partial charge in [-0.2, -0.15) is 0 Å². The normalized spacial score (nSPS) is 17.5. The van der Waals surface area contributed by atoms with Crippen molar-refractivity contribution in [2.45, 2.75) is 46.0 Å². The van der Waals surface area contributed by atoms with E-state index < -0.39 is 5.97 Å². The molecule has 1 fully saturated rings. The molecule has 2 heterocycles. The SMILES string of the molecule is Cc1ccc2c(c1)N(CCCN1CCC(C(=O)O)CC1)c1cc(C)ccc1CC2. The Bertz CT molecular complexity index is 831. The van der Waals surface area contributed by atoms with E-state index in [-0.39, 0.29) is 5.92 Å². The molecule has 2 aliphatic rings. The van der Waals surface area contributed by atoms with E-state index in [1.165, 1.54) is 33.6 Å². The molecule has 0 amide bonds. The Labute approximate surface area is 174 Å². The van der Waals surface area contributed by atoms with Gasteiger partial charge < -0.3 is 14.9 Å². The van der Waals surface area contributed by atoms with Crippen molar-refractivity contribution in [1.82, 2.24) is 4.90 Å². The Kier molecular flexibility index (Phi) is 5.91. The number of anilines is 2. The molecular formula is C25H32N2O2. The Morgan fingerprint density at radius 3 is 2.00 bits per heavy atom. The van der Waals surface area contributed by atoms with Gasteiger partial charge in [0.15, 0.2) is 0 Å². The lowest BCUT2D eigenvalue weighted by Gasteiger charge is -2.32. The second-order valence-corrected chi connectivity index (χ2v) is 8.72. The Morgan fingerprint density at radius 2 is 1.48 bits per heavy atom. The number of fused-ring (bicyclic) bond motifs is 2. The number of aliphatic carboxylic acids is 1. The Balaban J connectivity index is 1.50. The molecule has 2 aromatic rings. The van der Waals surface area contributed by atoms with E-state index in [0.29, 0.717) is 0 Å². The zero-order valence-corrected chi connectivity index (χ0v) is 17.7. The number of hydrogen-bond donors (Lipinski definition) is 1. The van der Waals surface area contributed by atoms with E-state index >= 15 is 0 Å². The number of aryl methyl sites for hydroxylation is 4. The summed E-state index contributed by atoms with van der Waals surface area (Å²) in [6.07, 6.45) is 4.82. The van der Waals surface area contributed by atoms with Gasteiger partial charge in [0.2, 0.25) is 0 Å². The van der Waals surface area contributed by atoms with Crippen LogP contribution in [0.1, 0.15) is 41.5 Å². The molecule has 0 radical (unpaired) electrons. The summed E-state index contributed by atoms with van der Waals surface area (Å²) in [7, 11) is 0. The van der Waals surface area contributed by atoms with Crippen LogP contribution >= 0.6 is 0 Å². The highest BCUT2D eigenvalue weighted by Crippen LogP contribution is 2.37. The zero-order chi connectivity index (χ0) is 20.4. The summed E-state index contributed by atoms with van der Waals surface area (Å²) in [6.45, 7) is 8.18. The number of benzene rings is 2. The first-order chi connectivity index (χ1) is 14.0. The van der Waals surface area contributed by atoms with Crippen LogP contribution in [0.25, 0.3) is 0 Å². The maximum atomic E-state index is 11.2. The number of nitrogens with zero attached hydrogens (tertiary/aromatic N) is 2. The van der Waals surface area contributed by atoms with Crippen molar-refractivity contribution in [2.75, 3.05) is 31.1 Å². The van der Waals surface area contributed by atoms with Gasteiger partial charge in [-0.1, -0.05) is 24.3 Å². The molecule has 0 saturated carbocycles. The topological polar surface area (TPSA) is 43.8 Å². The van der Waals surface area contributed by atoms with Gasteiger partial charge in [0.05, 0.1) is 5.92 Å². The fraction of sp³-hybridized carbons (Fsp3) is 0.480. The smallest absolute Gasteiger partial charge is 0.306 e. The lowest BCUT2D eigenvalue weighted by Crippen LogP contribution is -2.37. The zero-order valence-electron chi connectivity index (χ0n) is 17.7. The molecule has 2 aliphatic heterocycles. The minimum absolute atomic E-state index is 0.151. The minimum Gasteiger partial charge on any atom is -0.481 e. The van der Waals surface area contributed by atoms with Crippen molar-refractivity contribution in [2.24, 2.45) is 5.92 Å². The quantitative estimate of drug-likeness (QED) is 0.799. The summed E-state index contributed by atoms with van der Waals surface area (Å²) < 4.78 is 0. The van der Waals surface area contributed by atoms with E-state index in [1.807, 2.05) is 0 Å². The third-order valence-electron chi connectivity index (χ3n) is 6.52. The molecule has 1 saturated heterocycles. The lowest BCUT2D eigenvalue weighted by atomic mass is 9.97. The first kappa shape index (κ1) is 20.0. The summed E-state index contributed by atoms with van der Waals surface area (Å²) >= 11 is 0. The van der Waals surface area contributed by atoms with E-state index in [4.69, 9.17) is 0 Å². The van der Waals surface area contributed by atoms with Crippen LogP contribution in [-0.4, -0.2) is 42.2 Å². The summed E-state index contributed by atoms with van der Waals surface area (Å²) in [5, 5.41) is 9.20. The largest absolute Gasteiger partial charge is 0.481 e. The summed E-state index contributed by atoms with van der Waals surface area (Å²) in [5.41, 5.74) is 8.21. The molecule has 0 aliphatic carbocycles. The van der Waals surface area contributed by atoms with Crippen molar-refractivity contribution in [3.63, 3.8) is 0 Å². The number of piperidine rings is 1. The lowest BCUT2D eigenvalue weighted by molar-refractivity contribution is -0.143. The average Bonchev–Trinajstić information content (AvgIpc) is 2.85. The van der Waals surface area contributed by atoms with Crippen LogP contribution < -0.4 is 4.90 Å². The number of carboxylic acids is 1. The first-order valence-electron chi connectivity index (χ1n) is 10.9. The average molecular weight is 393 g/mol. The van der Waals surface area contributed by atoms with Crippen LogP contribution in [0.4, 0.5) is 11.4 Å². The summed E-state index contributed by atoms with van der Waals surface area (Å²) in [6, 6.07) is 13.7. The van der Waals surface area contributed by atoms with Gasteiger partial charge in [-0.3, -0.25) is 4.79 Å². The summed E-state index contributed by atoms with van der Waals surface area (Å²) in [5.74, 6) is -0.783. The maximum Gasteiger partial charge on any atom is 0.306 e. The van der Waals surface area contributed by atoms with Crippen molar-refractivity contribution < 1.29 is 9.90 Å². The molecule has 0 spiro atoms. The number of likely N-dealkylation sites (tertiary alicyclic amines) is 1. The second kappa shape index (κ2) is 8.58. The highest BCUT2D eigenvalue weighted by atomic mass is 16.4. The number of carbonyl (C=O) groups is 1. The molecule has 2 aromatic carbocycles. The van der Waals surface area contributed by atoms with Gasteiger partial charge in [0.1, 0.15) is 0 Å². The van der Waals surface area contributed by atoms with Crippen molar-refractivity contribution in [3.05, 3.63) is 58.7 Å². The van der Waals surface area contributed by atoms with Crippen molar-refractivity contribution in [1.29, 1.82) is 0 Å². The molecular weight excluding hydrogens is 360 g/mol. The maximum absolute atomic E-state index is 11.2. The minimum atomic E-state index is -0.631. The number of rotatable bonds is 5. The molecule has 29 heavy (non-hydrogen) atoms. The van der Waals surface area contributed by atoms with Gasteiger partial charge in [-0.05, 0) is 100.0 Å². The summed E-state index contributed by atoms with van der Waals surface area (Å²) in [4.78, 5) is 16.1. The van der Waals surface area contributed by atoms with E-state index in [1.54, 1.807) is 0 Å². The van der Waals surface area contributed by atoms with Crippen LogP contribution in [0.5, 0.6) is 0 Å². The molecule has 0 atom stereocenters. The molecule has 0 unspecified atom stereocenters. The molecule has 0 bridgehead atoms. The van der Waals surface area contributed by atoms with E-state index in [9.17, 15) is 9.90 Å². The molecule has 4 heteroatoms. The van der Waals surface area contributed by atoms with Crippen LogP contribution in [0, 0.1) is 19.8 Å². The van der Waals surface area contributed by atoms with Gasteiger partial charge in [-0.25, -0.2) is 0 Å². The monoisotopic (exact) mass is 392 g/mol. The highest BCUT2D eigenvalue weighted by molar-refractivity contribution is 5.72. The Morgan fingerprint density at radius 1 is 0.931 bits per heavy atom. The molecule has 4 nitrogen and oxygen atoms in total. The van der Waals surface area contributed by atoms with Crippen LogP contribution in [0.3, 0.4) is 0 Å². The fourth-order valence-electron chi connectivity index (χ4n) is 4.77. The standard InChI is InChI=1S/C25H32N2O2/c1-18-4-6-20-8-9-21-7-5-19(2)17-24(21)27(23(20)16-18)13-3-12-26-14-10-22(11-15-26)25(28)29/h4-7,16-17,22H,3,8-15H2,1-2H3,(H,28,29). The molecule has 4 rings (SSSR count). The number of hydrogen-bond acceptors (Lipinski definition) is 3. The third-order valence-corrected chi connectivity index (χ3v) is 6.52. The van der Waals surface area contributed by atoms with E-state index in [0.717, 1.165) is 58.3 Å². The number of carboxylic acid groups (broad SMARTS) is 1. The first-order valence-corrected chi connectivity index (χ1v) is 10.9. The second-order valence-electron chi connectivity index (χ2n) is 8.72. The van der Waals surface area contributed by atoms with Gasteiger partial charge in [0.25, 0.3) is 0 Å². The van der Waals surface area contributed by atoms with Crippen LogP contribution in [0.2, 0.25) is 0 Å². The predicted molar refractivity (Wildman–Crippen MR) is 118 cm³/mol. The van der Waals surface area contributed by atoms with Crippen molar-refractivity contribution in [3.8, 4) is 0 Å². The van der Waals surface area contributed by atoms with Crippen molar-refractivity contribution >= 4 is 17.3 Å². The van der Waals surface area contributed by atoms with Gasteiger partial charge in [0, 0.05) is 17.9 Å². The molecule has 1 N–H and O–H groups in total. The van der Waals surface area contributed by atoms with Crippen LogP contribution in [-0.2, 0) is 17.6 Å². The van der Waals surface area contributed by atoms with Crippen LogP contribution in [0.15, 0.2) is 36.4 Å². The molecule has 154 valence electrons. The third kappa shape index (κ3) is 4.48.